The third-order valence-corrected chi connectivity index (χ3v) is 4.25. The van der Waals surface area contributed by atoms with Gasteiger partial charge in [0.05, 0.1) is 6.26 Å². The van der Waals surface area contributed by atoms with Crippen LogP contribution in [-0.4, -0.2) is 23.5 Å². The Morgan fingerprint density at radius 1 is 1.13 bits per heavy atom. The summed E-state index contributed by atoms with van der Waals surface area (Å²) in [6.45, 7) is 0.443. The number of hydrogen-bond acceptors (Lipinski definition) is 4. The predicted molar refractivity (Wildman–Crippen MR) is 88.5 cm³/mol. The Hall–Kier alpha value is -2.21. The van der Waals surface area contributed by atoms with E-state index in [-0.39, 0.29) is 12.3 Å². The molecule has 0 saturated carbocycles. The van der Waals surface area contributed by atoms with Crippen LogP contribution in [0, 0.1) is 0 Å². The minimum Gasteiger partial charge on any atom is -0.481 e. The smallest absolute Gasteiger partial charge is 0.303 e. The van der Waals surface area contributed by atoms with E-state index in [0.717, 1.165) is 10.5 Å². The lowest BCUT2D eigenvalue weighted by molar-refractivity contribution is -0.137. The number of unbranched alkanes of at least 4 members (excludes halogenated alkanes) is 1. The highest BCUT2D eigenvalue weighted by molar-refractivity contribution is 7.98. The molecule has 1 aromatic carbocycles. The summed E-state index contributed by atoms with van der Waals surface area (Å²) in [5.74, 6) is -0.0920. The summed E-state index contributed by atoms with van der Waals surface area (Å²) < 4.78 is 5.29. The van der Waals surface area contributed by atoms with Gasteiger partial charge in [0.25, 0.3) is 5.91 Å². The number of carbonyl (C=O) groups is 2. The van der Waals surface area contributed by atoms with Crippen LogP contribution in [0.15, 0.2) is 52.0 Å². The lowest BCUT2D eigenvalue weighted by atomic mass is 10.2. The van der Waals surface area contributed by atoms with Crippen molar-refractivity contribution >= 4 is 23.6 Å². The van der Waals surface area contributed by atoms with Crippen LogP contribution in [0.25, 0.3) is 0 Å². The minimum absolute atomic E-state index is 0.121. The van der Waals surface area contributed by atoms with Crippen LogP contribution < -0.4 is 5.32 Å². The average molecular weight is 333 g/mol. The van der Waals surface area contributed by atoms with Gasteiger partial charge in [-0.1, -0.05) is 18.2 Å². The van der Waals surface area contributed by atoms with Crippen molar-refractivity contribution in [2.45, 2.75) is 29.9 Å². The van der Waals surface area contributed by atoms with Gasteiger partial charge in [-0.3, -0.25) is 9.59 Å². The molecule has 0 fully saturated rings. The highest BCUT2D eigenvalue weighted by atomic mass is 32.2. The van der Waals surface area contributed by atoms with Crippen LogP contribution in [0.2, 0.25) is 0 Å². The van der Waals surface area contributed by atoms with Crippen molar-refractivity contribution in [2.75, 3.05) is 6.54 Å². The quantitative estimate of drug-likeness (QED) is 0.542. The Kier molecular flexibility index (Phi) is 6.75. The number of carbonyl (C=O) groups excluding carboxylic acids is 1. The Morgan fingerprint density at radius 3 is 2.65 bits per heavy atom. The van der Waals surface area contributed by atoms with Gasteiger partial charge in [0, 0.05) is 29.2 Å². The normalized spacial score (nSPS) is 10.4. The maximum Gasteiger partial charge on any atom is 0.303 e. The summed E-state index contributed by atoms with van der Waals surface area (Å²) in [5.41, 5.74) is 0.849. The first-order chi connectivity index (χ1) is 11.2. The molecule has 0 aliphatic rings. The fourth-order valence-corrected chi connectivity index (χ4v) is 2.91. The molecule has 0 aliphatic heterocycles. The second kappa shape index (κ2) is 9.05. The molecule has 0 saturated heterocycles. The Bertz CT molecular complexity index is 639. The van der Waals surface area contributed by atoms with Crippen molar-refractivity contribution in [3.05, 3.63) is 54.0 Å². The molecule has 0 bridgehead atoms. The number of aliphatic carboxylic acids is 1. The number of nitrogens with one attached hydrogen (secondary N) is 1. The van der Waals surface area contributed by atoms with Crippen LogP contribution in [0.5, 0.6) is 0 Å². The van der Waals surface area contributed by atoms with E-state index in [9.17, 15) is 9.59 Å². The Balaban J connectivity index is 1.80. The number of thioether (sulfide) groups is 1. The number of benzene rings is 1. The molecule has 0 spiro atoms. The van der Waals surface area contributed by atoms with Gasteiger partial charge < -0.3 is 14.8 Å². The van der Waals surface area contributed by atoms with Gasteiger partial charge in [-0.05, 0) is 31.0 Å². The van der Waals surface area contributed by atoms with E-state index in [4.69, 9.17) is 9.52 Å². The van der Waals surface area contributed by atoms with E-state index >= 15 is 0 Å². The van der Waals surface area contributed by atoms with Crippen molar-refractivity contribution in [1.82, 2.24) is 5.32 Å². The summed E-state index contributed by atoms with van der Waals surface area (Å²) >= 11 is 1.64. The monoisotopic (exact) mass is 333 g/mol. The molecule has 5 nitrogen and oxygen atoms in total. The standard InChI is InChI=1S/C17H19NO4S/c19-15(20)8-4-5-10-18-17(21)16-13(9-11-22-16)12-23-14-6-2-1-3-7-14/h1-3,6-7,9,11H,4-5,8,10,12H2,(H,18,21)(H,19,20). The molecule has 2 aromatic rings. The maximum absolute atomic E-state index is 12.1. The number of carboxylic acid groups (broad SMARTS) is 1. The molecular weight excluding hydrogens is 314 g/mol. The van der Waals surface area contributed by atoms with E-state index in [1.165, 1.54) is 6.26 Å². The van der Waals surface area contributed by atoms with Crippen molar-refractivity contribution in [2.24, 2.45) is 0 Å². The molecule has 1 amide bonds. The number of amides is 1. The zero-order valence-corrected chi connectivity index (χ0v) is 13.5. The first-order valence-corrected chi connectivity index (χ1v) is 8.39. The fraction of sp³-hybridized carbons (Fsp3) is 0.294. The van der Waals surface area contributed by atoms with E-state index in [0.29, 0.717) is 30.9 Å². The van der Waals surface area contributed by atoms with Crippen molar-refractivity contribution in [3.8, 4) is 0 Å². The molecule has 0 unspecified atom stereocenters. The minimum atomic E-state index is -0.817. The number of furan rings is 1. The highest BCUT2D eigenvalue weighted by Gasteiger charge is 2.15. The second-order valence-corrected chi connectivity index (χ2v) is 6.03. The van der Waals surface area contributed by atoms with Gasteiger partial charge in [0.1, 0.15) is 0 Å². The molecule has 122 valence electrons. The number of carboxylic acids is 1. The van der Waals surface area contributed by atoms with Crippen LogP contribution in [-0.2, 0) is 10.5 Å². The molecular formula is C17H19NO4S. The van der Waals surface area contributed by atoms with Gasteiger partial charge in [-0.25, -0.2) is 0 Å². The van der Waals surface area contributed by atoms with Gasteiger partial charge in [0.2, 0.25) is 0 Å². The lowest BCUT2D eigenvalue weighted by Crippen LogP contribution is -2.24. The molecule has 6 heteroatoms. The molecule has 1 aromatic heterocycles. The zero-order valence-electron chi connectivity index (χ0n) is 12.7. The maximum atomic E-state index is 12.1. The summed E-state index contributed by atoms with van der Waals surface area (Å²) in [6.07, 6.45) is 2.81. The fourth-order valence-electron chi connectivity index (χ4n) is 2.01. The molecule has 2 rings (SSSR count). The van der Waals surface area contributed by atoms with Gasteiger partial charge in [-0.15, -0.1) is 11.8 Å². The third kappa shape index (κ3) is 5.83. The molecule has 2 N–H and O–H groups in total. The average Bonchev–Trinajstić information content (AvgIpc) is 3.02. The second-order valence-electron chi connectivity index (χ2n) is 4.98. The van der Waals surface area contributed by atoms with E-state index in [1.54, 1.807) is 17.8 Å². The first kappa shape index (κ1) is 17.1. The largest absolute Gasteiger partial charge is 0.481 e. The number of rotatable bonds is 9. The Labute approximate surface area is 139 Å². The molecule has 0 aliphatic carbocycles. The molecule has 0 radical (unpaired) electrons. The van der Waals surface area contributed by atoms with Crippen molar-refractivity contribution in [3.63, 3.8) is 0 Å². The molecule has 1 heterocycles. The van der Waals surface area contributed by atoms with Gasteiger partial charge in [0.15, 0.2) is 5.76 Å². The van der Waals surface area contributed by atoms with Crippen LogP contribution in [0.3, 0.4) is 0 Å². The Morgan fingerprint density at radius 2 is 1.91 bits per heavy atom. The van der Waals surface area contributed by atoms with Crippen molar-refractivity contribution in [1.29, 1.82) is 0 Å². The molecule has 23 heavy (non-hydrogen) atoms. The topological polar surface area (TPSA) is 79.5 Å². The first-order valence-electron chi connectivity index (χ1n) is 7.41. The summed E-state index contributed by atoms with van der Waals surface area (Å²) in [5, 5.41) is 11.3. The van der Waals surface area contributed by atoms with Crippen LogP contribution >= 0.6 is 11.8 Å². The van der Waals surface area contributed by atoms with E-state index < -0.39 is 5.97 Å². The summed E-state index contributed by atoms with van der Waals surface area (Å²) in [4.78, 5) is 23.6. The lowest BCUT2D eigenvalue weighted by Gasteiger charge is -2.05. The van der Waals surface area contributed by atoms with Gasteiger partial charge in [-0.2, -0.15) is 0 Å². The zero-order chi connectivity index (χ0) is 16.5. The molecule has 0 atom stereocenters. The SMILES string of the molecule is O=C(O)CCCCNC(=O)c1occc1CSc1ccccc1. The van der Waals surface area contributed by atoms with Crippen molar-refractivity contribution < 1.29 is 19.1 Å². The van der Waals surface area contributed by atoms with Crippen LogP contribution in [0.4, 0.5) is 0 Å². The summed E-state index contributed by atoms with van der Waals surface area (Å²) in [7, 11) is 0. The van der Waals surface area contributed by atoms with E-state index in [1.807, 2.05) is 30.3 Å². The third-order valence-electron chi connectivity index (χ3n) is 3.19. The van der Waals surface area contributed by atoms with Crippen LogP contribution in [0.1, 0.15) is 35.4 Å². The predicted octanol–water partition coefficient (Wildman–Crippen LogP) is 3.56. The highest BCUT2D eigenvalue weighted by Crippen LogP contribution is 2.24. The number of hydrogen-bond donors (Lipinski definition) is 2. The van der Waals surface area contributed by atoms with Gasteiger partial charge >= 0.3 is 5.97 Å². The summed E-state index contributed by atoms with van der Waals surface area (Å²) in [6, 6.07) is 11.8. The van der Waals surface area contributed by atoms with E-state index in [2.05, 4.69) is 5.32 Å².